The average Bonchev–Trinajstić information content (AvgIpc) is 2.70. The van der Waals surface area contributed by atoms with E-state index in [9.17, 15) is 4.79 Å². The van der Waals surface area contributed by atoms with Crippen LogP contribution in [0.2, 0.25) is 0 Å². The molecule has 0 saturated carbocycles. The second kappa shape index (κ2) is 3.77. The molecule has 0 spiro atoms. The molecule has 78 valence electrons. The second-order valence-electron chi connectivity index (χ2n) is 3.40. The number of benzene rings is 1. The van der Waals surface area contributed by atoms with Crippen molar-refractivity contribution in [2.45, 2.75) is 6.42 Å². The summed E-state index contributed by atoms with van der Waals surface area (Å²) in [7, 11) is 3.02. The summed E-state index contributed by atoms with van der Waals surface area (Å²) in [5, 5.41) is 0. The van der Waals surface area contributed by atoms with Crippen molar-refractivity contribution in [3.63, 3.8) is 0 Å². The molecule has 2 rings (SSSR count). The van der Waals surface area contributed by atoms with Crippen LogP contribution < -0.4 is 4.74 Å². The Morgan fingerprint density at radius 1 is 1.33 bits per heavy atom. The Kier molecular flexibility index (Phi) is 2.46. The smallest absolute Gasteiger partial charge is 0.334 e. The summed E-state index contributed by atoms with van der Waals surface area (Å²) in [4.78, 5) is 11.3. The zero-order valence-electron chi connectivity index (χ0n) is 8.74. The van der Waals surface area contributed by atoms with Crippen LogP contribution in [-0.4, -0.2) is 20.2 Å². The molecule has 1 aliphatic carbocycles. The van der Waals surface area contributed by atoms with E-state index in [1.165, 1.54) is 7.11 Å². The van der Waals surface area contributed by atoms with Gasteiger partial charge in [0.2, 0.25) is 0 Å². The van der Waals surface area contributed by atoms with Crippen LogP contribution in [0.15, 0.2) is 23.8 Å². The number of ether oxygens (including phenoxy) is 2. The molecule has 0 saturated heterocycles. The quantitative estimate of drug-likeness (QED) is 0.689. The second-order valence-corrected chi connectivity index (χ2v) is 3.40. The van der Waals surface area contributed by atoms with Crippen molar-refractivity contribution in [1.82, 2.24) is 0 Å². The van der Waals surface area contributed by atoms with E-state index >= 15 is 0 Å². The Bertz CT molecular complexity index is 432. The monoisotopic (exact) mass is 204 g/mol. The van der Waals surface area contributed by atoms with Gasteiger partial charge in [-0.15, -0.1) is 0 Å². The highest BCUT2D eigenvalue weighted by molar-refractivity contribution is 5.96. The first-order chi connectivity index (χ1) is 7.24. The molecule has 0 aliphatic heterocycles. The maximum atomic E-state index is 11.3. The molecule has 0 aromatic heterocycles. The average molecular weight is 204 g/mol. The van der Waals surface area contributed by atoms with Gasteiger partial charge < -0.3 is 9.47 Å². The molecule has 1 aliphatic rings. The summed E-state index contributed by atoms with van der Waals surface area (Å²) in [5.74, 6) is 0.543. The minimum atomic E-state index is -0.259. The Balaban J connectivity index is 2.31. The van der Waals surface area contributed by atoms with Crippen LogP contribution in [0.3, 0.4) is 0 Å². The van der Waals surface area contributed by atoms with Crippen LogP contribution in [0.1, 0.15) is 11.1 Å². The molecule has 0 atom stereocenters. The predicted molar refractivity (Wildman–Crippen MR) is 56.7 cm³/mol. The third-order valence-electron chi connectivity index (χ3n) is 2.51. The summed E-state index contributed by atoms with van der Waals surface area (Å²) >= 11 is 0. The molecule has 1 aromatic rings. The van der Waals surface area contributed by atoms with Gasteiger partial charge in [0.15, 0.2) is 0 Å². The number of fused-ring (bicyclic) bond motifs is 1. The topological polar surface area (TPSA) is 35.5 Å². The van der Waals surface area contributed by atoms with Gasteiger partial charge in [0.05, 0.1) is 14.2 Å². The number of esters is 1. The van der Waals surface area contributed by atoms with E-state index in [1.54, 1.807) is 7.11 Å². The molecule has 3 nitrogen and oxygen atoms in total. The molecule has 0 heterocycles. The molecule has 0 amide bonds. The maximum Gasteiger partial charge on any atom is 0.334 e. The van der Waals surface area contributed by atoms with Crippen LogP contribution in [0, 0.1) is 0 Å². The normalized spacial score (nSPS) is 13.1. The zero-order valence-corrected chi connectivity index (χ0v) is 8.74. The number of hydrogen-bond donors (Lipinski definition) is 0. The van der Waals surface area contributed by atoms with Crippen molar-refractivity contribution in [2.24, 2.45) is 0 Å². The van der Waals surface area contributed by atoms with Crippen LogP contribution in [0.4, 0.5) is 0 Å². The lowest BCUT2D eigenvalue weighted by atomic mass is 10.1. The minimum absolute atomic E-state index is 0.259. The predicted octanol–water partition coefficient (Wildman–Crippen LogP) is 1.81. The molecule has 0 N–H and O–H groups in total. The van der Waals surface area contributed by atoms with Gasteiger partial charge in [0, 0.05) is 12.0 Å². The lowest BCUT2D eigenvalue weighted by Gasteiger charge is -2.02. The lowest BCUT2D eigenvalue weighted by molar-refractivity contribution is -0.136. The van der Waals surface area contributed by atoms with E-state index in [4.69, 9.17) is 4.74 Å². The highest BCUT2D eigenvalue weighted by atomic mass is 16.5. The van der Waals surface area contributed by atoms with E-state index in [-0.39, 0.29) is 5.97 Å². The molecule has 0 fully saturated rings. The number of rotatable bonds is 2. The number of methoxy groups -OCH3 is 2. The van der Waals surface area contributed by atoms with Crippen molar-refractivity contribution >= 4 is 12.0 Å². The number of carbonyl (C=O) groups excluding carboxylic acids is 1. The molecule has 0 unspecified atom stereocenters. The van der Waals surface area contributed by atoms with E-state index in [0.29, 0.717) is 12.0 Å². The summed E-state index contributed by atoms with van der Waals surface area (Å²) in [6, 6.07) is 5.79. The van der Waals surface area contributed by atoms with Crippen LogP contribution in [0.25, 0.3) is 6.08 Å². The van der Waals surface area contributed by atoms with E-state index in [2.05, 4.69) is 4.74 Å². The Hall–Kier alpha value is -1.77. The van der Waals surface area contributed by atoms with Gasteiger partial charge in [-0.3, -0.25) is 0 Å². The van der Waals surface area contributed by atoms with E-state index < -0.39 is 0 Å². The highest BCUT2D eigenvalue weighted by Gasteiger charge is 2.19. The van der Waals surface area contributed by atoms with Gasteiger partial charge in [-0.25, -0.2) is 4.79 Å². The summed E-state index contributed by atoms with van der Waals surface area (Å²) in [5.41, 5.74) is 2.87. The van der Waals surface area contributed by atoms with Crippen molar-refractivity contribution in [3.8, 4) is 5.75 Å². The summed E-state index contributed by atoms with van der Waals surface area (Å²) in [6.45, 7) is 0. The molecular formula is C12H12O3. The van der Waals surface area contributed by atoms with Gasteiger partial charge >= 0.3 is 5.97 Å². The first-order valence-electron chi connectivity index (χ1n) is 4.70. The molecule has 1 aromatic carbocycles. The summed E-state index contributed by atoms with van der Waals surface area (Å²) < 4.78 is 9.80. The Morgan fingerprint density at radius 2 is 2.13 bits per heavy atom. The molecule has 0 radical (unpaired) electrons. The summed E-state index contributed by atoms with van der Waals surface area (Å²) in [6.07, 6.45) is 2.50. The third-order valence-corrected chi connectivity index (χ3v) is 2.51. The number of carbonyl (C=O) groups is 1. The van der Waals surface area contributed by atoms with Gasteiger partial charge in [-0.05, 0) is 29.3 Å². The third kappa shape index (κ3) is 1.73. The van der Waals surface area contributed by atoms with Crippen molar-refractivity contribution in [2.75, 3.05) is 14.2 Å². The SMILES string of the molecule is COC(=O)C1=Cc2cc(OC)ccc2C1. The molecular weight excluding hydrogens is 192 g/mol. The number of hydrogen-bond acceptors (Lipinski definition) is 3. The van der Waals surface area contributed by atoms with Crippen molar-refractivity contribution in [1.29, 1.82) is 0 Å². The Labute approximate surface area is 88.3 Å². The highest BCUT2D eigenvalue weighted by Crippen LogP contribution is 2.28. The molecule has 3 heteroatoms. The molecule has 0 bridgehead atoms. The van der Waals surface area contributed by atoms with Gasteiger partial charge in [0.1, 0.15) is 5.75 Å². The maximum absolute atomic E-state index is 11.3. The largest absolute Gasteiger partial charge is 0.497 e. The first kappa shape index (κ1) is 9.77. The fraction of sp³-hybridized carbons (Fsp3) is 0.250. The fourth-order valence-electron chi connectivity index (χ4n) is 1.70. The van der Waals surface area contributed by atoms with Crippen molar-refractivity contribution < 1.29 is 14.3 Å². The Morgan fingerprint density at radius 3 is 2.80 bits per heavy atom. The fourth-order valence-corrected chi connectivity index (χ4v) is 1.70. The minimum Gasteiger partial charge on any atom is -0.497 e. The zero-order chi connectivity index (χ0) is 10.8. The van der Waals surface area contributed by atoms with Crippen LogP contribution in [-0.2, 0) is 16.0 Å². The van der Waals surface area contributed by atoms with Gasteiger partial charge in [-0.2, -0.15) is 0 Å². The standard InChI is InChI=1S/C12H12O3/c1-14-11-4-3-8-5-10(12(13)15-2)6-9(8)7-11/h3-4,6-7H,5H2,1-2H3. The molecule has 15 heavy (non-hydrogen) atoms. The van der Waals surface area contributed by atoms with Crippen LogP contribution >= 0.6 is 0 Å². The van der Waals surface area contributed by atoms with Gasteiger partial charge in [0.25, 0.3) is 0 Å². The van der Waals surface area contributed by atoms with E-state index in [1.807, 2.05) is 24.3 Å². The lowest BCUT2D eigenvalue weighted by Crippen LogP contribution is -2.03. The van der Waals surface area contributed by atoms with Crippen LogP contribution in [0.5, 0.6) is 5.75 Å². The van der Waals surface area contributed by atoms with E-state index in [0.717, 1.165) is 16.9 Å². The van der Waals surface area contributed by atoms with Gasteiger partial charge in [-0.1, -0.05) is 6.07 Å². The first-order valence-corrected chi connectivity index (χ1v) is 4.70. The van der Waals surface area contributed by atoms with Crippen molar-refractivity contribution in [3.05, 3.63) is 34.9 Å².